The summed E-state index contributed by atoms with van der Waals surface area (Å²) in [6.07, 6.45) is 0. The van der Waals surface area contributed by atoms with Gasteiger partial charge in [0.1, 0.15) is 12.1 Å². The van der Waals surface area contributed by atoms with Gasteiger partial charge in [-0.15, -0.1) is 5.10 Å². The Morgan fingerprint density at radius 2 is 1.88 bits per heavy atom. The molecule has 0 radical (unpaired) electrons. The van der Waals surface area contributed by atoms with Crippen LogP contribution in [0.2, 0.25) is 0 Å². The van der Waals surface area contributed by atoms with Crippen LogP contribution in [0.15, 0.2) is 50.1 Å². The molecule has 0 unspecified atom stereocenters. The summed E-state index contributed by atoms with van der Waals surface area (Å²) < 4.78 is 1.60. The van der Waals surface area contributed by atoms with Crippen molar-refractivity contribution in [2.75, 3.05) is 5.32 Å². The van der Waals surface area contributed by atoms with Gasteiger partial charge >= 0.3 is 0 Å². The second-order valence-electron chi connectivity index (χ2n) is 5.16. The monoisotopic (exact) mass is 481 g/mol. The maximum absolute atomic E-state index is 12.4. The van der Waals surface area contributed by atoms with Crippen LogP contribution in [0.3, 0.4) is 0 Å². The molecule has 11 heteroatoms. The fourth-order valence-corrected chi connectivity index (χ4v) is 3.59. The molecule has 0 saturated heterocycles. The highest BCUT2D eigenvalue weighted by atomic mass is 79.9. The number of fused-ring (bicyclic) bond motifs is 1. The van der Waals surface area contributed by atoms with E-state index in [0.29, 0.717) is 25.5 Å². The Labute approximate surface area is 162 Å². The van der Waals surface area contributed by atoms with E-state index in [1.165, 1.54) is 12.1 Å². The molecule has 0 bridgehead atoms. The van der Waals surface area contributed by atoms with E-state index in [9.17, 15) is 19.7 Å². The number of carbonyl (C=O) groups excluding carboxylic acids is 1. The van der Waals surface area contributed by atoms with E-state index in [0.717, 1.165) is 4.68 Å². The molecule has 1 heterocycles. The lowest BCUT2D eigenvalue weighted by Gasteiger charge is -2.10. The molecular weight excluding hydrogens is 474 g/mol. The van der Waals surface area contributed by atoms with Gasteiger partial charge in [0.25, 0.3) is 11.2 Å². The number of nitrogens with one attached hydrogen (secondary N) is 1. The Morgan fingerprint density at radius 1 is 1.23 bits per heavy atom. The van der Waals surface area contributed by atoms with Crippen molar-refractivity contribution in [2.24, 2.45) is 0 Å². The van der Waals surface area contributed by atoms with Crippen LogP contribution < -0.4 is 10.9 Å². The van der Waals surface area contributed by atoms with Crippen LogP contribution in [0.1, 0.15) is 0 Å². The molecule has 0 fully saturated rings. The van der Waals surface area contributed by atoms with Crippen molar-refractivity contribution in [2.45, 2.75) is 6.54 Å². The van der Waals surface area contributed by atoms with Crippen LogP contribution in [-0.2, 0) is 11.3 Å². The molecule has 1 N–H and O–H groups in total. The van der Waals surface area contributed by atoms with Crippen LogP contribution in [0.5, 0.6) is 0 Å². The predicted molar refractivity (Wildman–Crippen MR) is 101 cm³/mol. The minimum absolute atomic E-state index is 0.140. The highest BCUT2D eigenvalue weighted by molar-refractivity contribution is 9.11. The SMILES string of the molecule is O=C(Cn1nnc2ccccc2c1=O)Nc1c(Br)cc([N+](=O)[O-])cc1Br. The zero-order chi connectivity index (χ0) is 18.8. The van der Waals surface area contributed by atoms with Crippen molar-refractivity contribution in [3.05, 3.63) is 65.8 Å². The third-order valence-electron chi connectivity index (χ3n) is 3.42. The summed E-state index contributed by atoms with van der Waals surface area (Å²) in [5.41, 5.74) is 0.170. The molecule has 3 rings (SSSR count). The van der Waals surface area contributed by atoms with E-state index in [1.54, 1.807) is 24.3 Å². The van der Waals surface area contributed by atoms with Crippen LogP contribution >= 0.6 is 31.9 Å². The number of aromatic nitrogens is 3. The largest absolute Gasteiger partial charge is 0.323 e. The summed E-state index contributed by atoms with van der Waals surface area (Å²) in [5.74, 6) is -0.535. The Hall–Kier alpha value is -2.66. The summed E-state index contributed by atoms with van der Waals surface area (Å²) in [4.78, 5) is 34.9. The second-order valence-corrected chi connectivity index (χ2v) is 6.87. The van der Waals surface area contributed by atoms with Crippen molar-refractivity contribution in [1.29, 1.82) is 0 Å². The maximum atomic E-state index is 12.4. The number of benzene rings is 2. The number of hydrogen-bond acceptors (Lipinski definition) is 6. The predicted octanol–water partition coefficient (Wildman–Crippen LogP) is 2.86. The minimum Gasteiger partial charge on any atom is -0.323 e. The topological polar surface area (TPSA) is 120 Å². The first-order chi connectivity index (χ1) is 12.4. The Kier molecular flexibility index (Phi) is 5.09. The fourth-order valence-electron chi connectivity index (χ4n) is 2.23. The van der Waals surface area contributed by atoms with Gasteiger partial charge in [0.05, 0.1) is 16.0 Å². The first kappa shape index (κ1) is 18.1. The Balaban J connectivity index is 1.85. The molecule has 0 aliphatic carbocycles. The van der Waals surface area contributed by atoms with Crippen LogP contribution in [-0.4, -0.2) is 25.8 Å². The molecule has 1 amide bonds. The summed E-state index contributed by atoms with van der Waals surface area (Å²) >= 11 is 6.36. The van der Waals surface area contributed by atoms with Gasteiger partial charge in [-0.05, 0) is 44.0 Å². The van der Waals surface area contributed by atoms with Crippen molar-refractivity contribution in [1.82, 2.24) is 15.0 Å². The molecule has 132 valence electrons. The van der Waals surface area contributed by atoms with Gasteiger partial charge in [0.15, 0.2) is 0 Å². The van der Waals surface area contributed by atoms with Gasteiger partial charge < -0.3 is 5.32 Å². The molecule has 0 saturated carbocycles. The number of nitrogens with zero attached hydrogens (tertiary/aromatic N) is 4. The number of nitro benzene ring substituents is 1. The second kappa shape index (κ2) is 7.30. The Morgan fingerprint density at radius 3 is 2.54 bits per heavy atom. The molecule has 0 atom stereocenters. The average Bonchev–Trinajstić information content (AvgIpc) is 2.60. The van der Waals surface area contributed by atoms with Crippen LogP contribution in [0, 0.1) is 10.1 Å². The van der Waals surface area contributed by atoms with E-state index < -0.39 is 16.4 Å². The van der Waals surface area contributed by atoms with Gasteiger partial charge in [-0.25, -0.2) is 4.68 Å². The molecule has 1 aromatic heterocycles. The van der Waals surface area contributed by atoms with Gasteiger partial charge in [0, 0.05) is 21.1 Å². The van der Waals surface area contributed by atoms with E-state index >= 15 is 0 Å². The number of halogens is 2. The zero-order valence-corrected chi connectivity index (χ0v) is 16.0. The summed E-state index contributed by atoms with van der Waals surface area (Å²) in [6, 6.07) is 9.21. The van der Waals surface area contributed by atoms with Crippen LogP contribution in [0.4, 0.5) is 11.4 Å². The molecule has 9 nitrogen and oxygen atoms in total. The van der Waals surface area contributed by atoms with E-state index in [1.807, 2.05) is 0 Å². The highest BCUT2D eigenvalue weighted by Crippen LogP contribution is 2.35. The maximum Gasteiger partial charge on any atom is 0.278 e. The van der Waals surface area contributed by atoms with E-state index in [2.05, 4.69) is 47.5 Å². The van der Waals surface area contributed by atoms with E-state index in [-0.39, 0.29) is 12.2 Å². The lowest BCUT2D eigenvalue weighted by Crippen LogP contribution is -2.30. The van der Waals surface area contributed by atoms with Gasteiger partial charge in [0.2, 0.25) is 5.91 Å². The number of anilines is 1. The number of rotatable bonds is 4. The fraction of sp³-hybridized carbons (Fsp3) is 0.0667. The third-order valence-corrected chi connectivity index (χ3v) is 4.68. The average molecular weight is 483 g/mol. The number of amides is 1. The number of non-ortho nitro benzene ring substituents is 1. The van der Waals surface area contributed by atoms with Crippen LogP contribution in [0.25, 0.3) is 10.9 Å². The molecular formula is C15H9Br2N5O4. The quantitative estimate of drug-likeness (QED) is 0.451. The van der Waals surface area contributed by atoms with Gasteiger partial charge in [-0.2, -0.15) is 0 Å². The normalized spacial score (nSPS) is 10.7. The Bertz CT molecular complexity index is 1080. The van der Waals surface area contributed by atoms with E-state index in [4.69, 9.17) is 0 Å². The minimum atomic E-state index is -0.550. The van der Waals surface area contributed by atoms with Crippen molar-refractivity contribution in [3.63, 3.8) is 0 Å². The van der Waals surface area contributed by atoms with Crippen molar-refractivity contribution < 1.29 is 9.72 Å². The van der Waals surface area contributed by atoms with Gasteiger partial charge in [-0.3, -0.25) is 19.7 Å². The molecule has 0 spiro atoms. The standard InChI is InChI=1S/C15H9Br2N5O4/c16-10-5-8(22(25)26)6-11(17)14(10)18-13(23)7-21-15(24)9-3-1-2-4-12(9)19-20-21/h1-6H,7H2,(H,18,23). The van der Waals surface area contributed by atoms with Crippen molar-refractivity contribution in [3.8, 4) is 0 Å². The first-order valence-electron chi connectivity index (χ1n) is 7.12. The third kappa shape index (κ3) is 3.63. The van der Waals surface area contributed by atoms with Gasteiger partial charge in [-0.1, -0.05) is 17.3 Å². The lowest BCUT2D eigenvalue weighted by molar-refractivity contribution is -0.385. The summed E-state index contributed by atoms with van der Waals surface area (Å²) in [7, 11) is 0. The van der Waals surface area contributed by atoms with Crippen molar-refractivity contribution >= 4 is 60.0 Å². The molecule has 0 aliphatic rings. The zero-order valence-electron chi connectivity index (χ0n) is 12.8. The summed E-state index contributed by atoms with van der Waals surface area (Å²) in [5, 5.41) is 21.4. The summed E-state index contributed by atoms with van der Waals surface area (Å²) in [6.45, 7) is -0.355. The molecule has 2 aromatic carbocycles. The lowest BCUT2D eigenvalue weighted by atomic mass is 10.2. The number of hydrogen-bond donors (Lipinski definition) is 1. The first-order valence-corrected chi connectivity index (χ1v) is 8.71. The number of nitro groups is 1. The molecule has 0 aliphatic heterocycles. The number of carbonyl (C=O) groups is 1. The smallest absolute Gasteiger partial charge is 0.278 e. The molecule has 3 aromatic rings. The molecule has 26 heavy (non-hydrogen) atoms. The highest BCUT2D eigenvalue weighted by Gasteiger charge is 2.17.